The van der Waals surface area contributed by atoms with Crippen LogP contribution in [0.3, 0.4) is 0 Å². The molecule has 2 aromatic rings. The number of hydrogen-bond acceptors (Lipinski definition) is 6. The van der Waals surface area contributed by atoms with Crippen LogP contribution in [0.25, 0.3) is 0 Å². The van der Waals surface area contributed by atoms with E-state index in [0.717, 1.165) is 35.6 Å². The minimum absolute atomic E-state index is 0.00349. The number of benzene rings is 1. The van der Waals surface area contributed by atoms with Gasteiger partial charge in [0.05, 0.1) is 15.3 Å². The summed E-state index contributed by atoms with van der Waals surface area (Å²) in [6.45, 7) is 5.95. The number of esters is 1. The second kappa shape index (κ2) is 7.99. The number of ketones is 1. The number of thiophene rings is 1. The van der Waals surface area contributed by atoms with Gasteiger partial charge in [0.15, 0.2) is 11.9 Å². The van der Waals surface area contributed by atoms with E-state index >= 15 is 0 Å². The molecule has 1 N–H and O–H groups in total. The molecule has 10 heteroatoms. The highest BCUT2D eigenvalue weighted by molar-refractivity contribution is 7.14. The van der Waals surface area contributed by atoms with Gasteiger partial charge >= 0.3 is 12.1 Å². The summed E-state index contributed by atoms with van der Waals surface area (Å²) in [6.07, 6.45) is -5.45. The second-order valence-corrected chi connectivity index (χ2v) is 8.74. The van der Waals surface area contributed by atoms with Crippen LogP contribution in [0.5, 0.6) is 5.75 Å². The molecule has 6 nitrogen and oxygen atoms in total. The van der Waals surface area contributed by atoms with Crippen molar-refractivity contribution in [1.82, 2.24) is 5.32 Å². The number of halogens is 3. The highest BCUT2D eigenvalue weighted by atomic mass is 32.1. The standard InChI is InChI=1S/C21H20F3NO5S/c1-10(26)15-9-14-17(31-15)16(18(29-11(2)27)20(3,4)30-14)25-19(28)12-5-7-13(8-6-12)21(22,23)24/h5-9,16,18H,1-4H3,(H,25,28). The first-order chi connectivity index (χ1) is 14.3. The molecule has 2 atom stereocenters. The van der Waals surface area contributed by atoms with Crippen molar-refractivity contribution in [2.45, 2.75) is 51.6 Å². The van der Waals surface area contributed by atoms with Crippen molar-refractivity contribution >= 4 is 29.0 Å². The summed E-state index contributed by atoms with van der Waals surface area (Å²) < 4.78 is 49.8. The van der Waals surface area contributed by atoms with Crippen LogP contribution >= 0.6 is 11.3 Å². The van der Waals surface area contributed by atoms with E-state index in [1.165, 1.54) is 13.8 Å². The number of nitrogens with one attached hydrogen (secondary N) is 1. The summed E-state index contributed by atoms with van der Waals surface area (Å²) in [7, 11) is 0. The third kappa shape index (κ3) is 4.73. The van der Waals surface area contributed by atoms with Gasteiger partial charge in [0.25, 0.3) is 5.91 Å². The van der Waals surface area contributed by atoms with Crippen molar-refractivity contribution in [2.24, 2.45) is 0 Å². The lowest BCUT2D eigenvalue weighted by molar-refractivity contribution is -0.162. The second-order valence-electron chi connectivity index (χ2n) is 7.66. The Hall–Kier alpha value is -2.88. The summed E-state index contributed by atoms with van der Waals surface area (Å²) in [4.78, 5) is 37.3. The lowest BCUT2D eigenvalue weighted by Crippen LogP contribution is -2.54. The van der Waals surface area contributed by atoms with Crippen molar-refractivity contribution in [3.05, 3.63) is 51.2 Å². The molecular weight excluding hydrogens is 435 g/mol. The fourth-order valence-electron chi connectivity index (χ4n) is 3.30. The van der Waals surface area contributed by atoms with Crippen LogP contribution in [-0.2, 0) is 15.7 Å². The van der Waals surface area contributed by atoms with Gasteiger partial charge in [-0.2, -0.15) is 13.2 Å². The van der Waals surface area contributed by atoms with Crippen molar-refractivity contribution in [3.63, 3.8) is 0 Å². The van der Waals surface area contributed by atoms with Gasteiger partial charge in [-0.25, -0.2) is 0 Å². The van der Waals surface area contributed by atoms with Gasteiger partial charge < -0.3 is 14.8 Å². The molecule has 2 unspecified atom stereocenters. The number of fused-ring (bicyclic) bond motifs is 1. The highest BCUT2D eigenvalue weighted by Crippen LogP contribution is 2.46. The van der Waals surface area contributed by atoms with Crippen LogP contribution in [0.4, 0.5) is 13.2 Å². The first-order valence-electron chi connectivity index (χ1n) is 9.28. The Morgan fingerprint density at radius 3 is 2.26 bits per heavy atom. The predicted octanol–water partition coefficient (Wildman–Crippen LogP) is 4.54. The Kier molecular flexibility index (Phi) is 5.88. The number of rotatable bonds is 4. The van der Waals surface area contributed by atoms with E-state index in [1.807, 2.05) is 0 Å². The molecule has 1 aliphatic rings. The number of carbonyl (C=O) groups is 3. The number of carbonyl (C=O) groups excluding carboxylic acids is 3. The largest absolute Gasteiger partial charge is 0.483 e. The summed E-state index contributed by atoms with van der Waals surface area (Å²) in [5.74, 6) is -1.07. The smallest absolute Gasteiger partial charge is 0.416 e. The zero-order chi connectivity index (χ0) is 23.1. The normalized spacial score (nSPS) is 19.7. The van der Waals surface area contributed by atoms with Gasteiger partial charge in [-0.15, -0.1) is 11.3 Å². The number of Topliss-reactive ketones (excluding diaryl/α,β-unsaturated/α-hetero) is 1. The van der Waals surface area contributed by atoms with Crippen molar-refractivity contribution in [3.8, 4) is 5.75 Å². The van der Waals surface area contributed by atoms with Gasteiger partial charge in [0, 0.05) is 18.6 Å². The van der Waals surface area contributed by atoms with E-state index in [9.17, 15) is 27.6 Å². The molecule has 3 rings (SSSR count). The molecule has 0 saturated carbocycles. The van der Waals surface area contributed by atoms with Crippen LogP contribution in [0, 0.1) is 0 Å². The first-order valence-corrected chi connectivity index (χ1v) is 10.1. The molecule has 1 aromatic heterocycles. The van der Waals surface area contributed by atoms with E-state index < -0.39 is 41.4 Å². The Morgan fingerprint density at radius 2 is 1.74 bits per heavy atom. The van der Waals surface area contributed by atoms with Gasteiger partial charge in [-0.05, 0) is 45.0 Å². The zero-order valence-electron chi connectivity index (χ0n) is 17.1. The van der Waals surface area contributed by atoms with Gasteiger partial charge in [0.1, 0.15) is 17.4 Å². The minimum atomic E-state index is -4.52. The van der Waals surface area contributed by atoms with Crippen molar-refractivity contribution in [1.29, 1.82) is 0 Å². The highest BCUT2D eigenvalue weighted by Gasteiger charge is 2.48. The summed E-state index contributed by atoms with van der Waals surface area (Å²) in [5, 5.41) is 2.73. The molecule has 0 aliphatic carbocycles. The lowest BCUT2D eigenvalue weighted by Gasteiger charge is -2.42. The quantitative estimate of drug-likeness (QED) is 0.541. The molecule has 0 spiro atoms. The number of alkyl halides is 3. The van der Waals surface area contributed by atoms with Crippen LogP contribution < -0.4 is 10.1 Å². The van der Waals surface area contributed by atoms with E-state index in [2.05, 4.69) is 5.32 Å². The third-order valence-corrected chi connectivity index (χ3v) is 6.07. The third-order valence-electron chi connectivity index (χ3n) is 4.77. The molecule has 0 radical (unpaired) electrons. The lowest BCUT2D eigenvalue weighted by atomic mass is 9.90. The molecule has 1 amide bonds. The number of ether oxygens (including phenoxy) is 2. The predicted molar refractivity (Wildman–Crippen MR) is 106 cm³/mol. The van der Waals surface area contributed by atoms with E-state index in [4.69, 9.17) is 9.47 Å². The molecule has 166 valence electrons. The fourth-order valence-corrected chi connectivity index (χ4v) is 4.36. The van der Waals surface area contributed by atoms with Crippen LogP contribution in [0.1, 0.15) is 64.2 Å². The van der Waals surface area contributed by atoms with E-state index in [0.29, 0.717) is 15.5 Å². The van der Waals surface area contributed by atoms with Crippen LogP contribution in [-0.4, -0.2) is 29.4 Å². The SMILES string of the molecule is CC(=O)OC1C(NC(=O)c2ccc(C(F)(F)F)cc2)c2sc(C(C)=O)cc2OC1(C)C. The minimum Gasteiger partial charge on any atom is -0.483 e. The molecule has 1 aromatic carbocycles. The van der Waals surface area contributed by atoms with Crippen LogP contribution in [0.2, 0.25) is 0 Å². The summed E-state index contributed by atoms with van der Waals surface area (Å²) in [5.41, 5.74) is -1.92. The van der Waals surface area contributed by atoms with E-state index in [-0.39, 0.29) is 11.3 Å². The molecule has 2 heterocycles. The maximum absolute atomic E-state index is 12.8. The van der Waals surface area contributed by atoms with Crippen LogP contribution in [0.15, 0.2) is 30.3 Å². The fraction of sp³-hybridized carbons (Fsp3) is 0.381. The molecule has 0 bridgehead atoms. The molecule has 31 heavy (non-hydrogen) atoms. The summed E-state index contributed by atoms with van der Waals surface area (Å²) in [6, 6.07) is 4.47. The Labute approximate surface area is 180 Å². The van der Waals surface area contributed by atoms with Gasteiger partial charge in [0.2, 0.25) is 0 Å². The topological polar surface area (TPSA) is 81.7 Å². The van der Waals surface area contributed by atoms with E-state index in [1.54, 1.807) is 19.9 Å². The first kappa shape index (κ1) is 22.8. The maximum atomic E-state index is 12.8. The average molecular weight is 455 g/mol. The van der Waals surface area contributed by atoms with Gasteiger partial charge in [-0.3, -0.25) is 14.4 Å². The van der Waals surface area contributed by atoms with Gasteiger partial charge in [-0.1, -0.05) is 0 Å². The zero-order valence-corrected chi connectivity index (χ0v) is 17.9. The molecule has 0 fully saturated rings. The molecule has 1 aliphatic heterocycles. The Balaban J connectivity index is 1.98. The summed E-state index contributed by atoms with van der Waals surface area (Å²) >= 11 is 1.10. The van der Waals surface area contributed by atoms with Crippen molar-refractivity contribution < 1.29 is 37.0 Å². The number of hydrogen-bond donors (Lipinski definition) is 1. The average Bonchev–Trinajstić information content (AvgIpc) is 3.06. The van der Waals surface area contributed by atoms with Crippen molar-refractivity contribution in [2.75, 3.05) is 0 Å². The Bertz CT molecular complexity index is 1030. The molecule has 0 saturated heterocycles. The number of amides is 1. The maximum Gasteiger partial charge on any atom is 0.416 e. The monoisotopic (exact) mass is 455 g/mol. The Morgan fingerprint density at radius 1 is 1.13 bits per heavy atom. The molecular formula is C21H20F3NO5S.